The van der Waals surface area contributed by atoms with E-state index in [0.29, 0.717) is 23.9 Å². The molecule has 25 heavy (non-hydrogen) atoms. The molecule has 0 aliphatic carbocycles. The predicted molar refractivity (Wildman–Crippen MR) is 114 cm³/mol. The minimum absolute atomic E-state index is 0. The summed E-state index contributed by atoms with van der Waals surface area (Å²) in [7, 11) is -1.47. The quantitative estimate of drug-likeness (QED) is 0.380. The van der Waals surface area contributed by atoms with Crippen molar-refractivity contribution in [2.45, 2.75) is 31.8 Å². The molecule has 138 valence electrons. The van der Waals surface area contributed by atoms with Crippen molar-refractivity contribution in [3.63, 3.8) is 0 Å². The zero-order chi connectivity index (χ0) is 17.7. The summed E-state index contributed by atoms with van der Waals surface area (Å²) in [5.74, 6) is 0.688. The van der Waals surface area contributed by atoms with Crippen LogP contribution in [-0.4, -0.2) is 32.7 Å². The first-order valence-corrected chi connectivity index (χ1v) is 10.2. The van der Waals surface area contributed by atoms with E-state index >= 15 is 0 Å². The minimum Gasteiger partial charge on any atom is -0.352 e. The van der Waals surface area contributed by atoms with Crippen LogP contribution < -0.4 is 10.6 Å². The van der Waals surface area contributed by atoms with Crippen LogP contribution in [0.1, 0.15) is 21.7 Å². The van der Waals surface area contributed by atoms with E-state index < -0.39 is 9.84 Å². The molecule has 9 heteroatoms. The van der Waals surface area contributed by atoms with Gasteiger partial charge >= 0.3 is 0 Å². The Bertz CT molecular complexity index is 848. The van der Waals surface area contributed by atoms with Crippen LogP contribution in [0.5, 0.6) is 0 Å². The number of nitrogens with one attached hydrogen (secondary N) is 2. The summed E-state index contributed by atoms with van der Waals surface area (Å²) in [5, 5.41) is 6.47. The lowest BCUT2D eigenvalue weighted by molar-refractivity contribution is 0.601. The lowest BCUT2D eigenvalue weighted by Crippen LogP contribution is -2.36. The molecule has 0 aliphatic rings. The van der Waals surface area contributed by atoms with E-state index in [9.17, 15) is 8.42 Å². The molecule has 0 radical (unpaired) electrons. The fourth-order valence-corrected chi connectivity index (χ4v) is 3.98. The molecule has 0 atom stereocenters. The summed E-state index contributed by atoms with van der Waals surface area (Å²) in [6.45, 7) is 5.02. The second-order valence-electron chi connectivity index (χ2n) is 5.51. The number of hydrogen-bond acceptors (Lipinski definition) is 5. The highest BCUT2D eigenvalue weighted by Gasteiger charge is 2.11. The molecule has 0 spiro atoms. The van der Waals surface area contributed by atoms with Gasteiger partial charge in [-0.05, 0) is 31.0 Å². The largest absolute Gasteiger partial charge is 0.352 e. The molecule has 0 bridgehead atoms. The SMILES string of the molecule is CN=C(NCc1ccc(S(C)(=O)=O)c(C)c1)NCc1scnc1C.I. The fraction of sp³-hybridized carbons (Fsp3) is 0.375. The van der Waals surface area contributed by atoms with Crippen molar-refractivity contribution in [3.05, 3.63) is 45.4 Å². The molecule has 1 aromatic heterocycles. The van der Waals surface area contributed by atoms with Crippen LogP contribution in [0.15, 0.2) is 33.6 Å². The average Bonchev–Trinajstić information content (AvgIpc) is 2.91. The van der Waals surface area contributed by atoms with Crippen molar-refractivity contribution < 1.29 is 8.42 Å². The third kappa shape index (κ3) is 6.23. The topological polar surface area (TPSA) is 83.5 Å². The molecule has 2 N–H and O–H groups in total. The van der Waals surface area contributed by atoms with E-state index in [2.05, 4.69) is 20.6 Å². The van der Waals surface area contributed by atoms with Gasteiger partial charge in [0.05, 0.1) is 22.6 Å². The monoisotopic (exact) mass is 494 g/mol. The van der Waals surface area contributed by atoms with Gasteiger partial charge in [0.15, 0.2) is 15.8 Å². The predicted octanol–water partition coefficient (Wildman–Crippen LogP) is 2.65. The summed E-state index contributed by atoms with van der Waals surface area (Å²) in [5.41, 5.74) is 4.60. The van der Waals surface area contributed by atoms with Crippen LogP contribution >= 0.6 is 35.3 Å². The van der Waals surface area contributed by atoms with Crippen LogP contribution in [0.3, 0.4) is 0 Å². The summed E-state index contributed by atoms with van der Waals surface area (Å²) < 4.78 is 23.3. The minimum atomic E-state index is -3.19. The Labute approximate surface area is 170 Å². The number of halogens is 1. The maximum absolute atomic E-state index is 11.7. The van der Waals surface area contributed by atoms with Gasteiger partial charge in [-0.3, -0.25) is 4.99 Å². The third-order valence-electron chi connectivity index (χ3n) is 3.58. The number of aryl methyl sites for hydroxylation is 2. The van der Waals surface area contributed by atoms with Crippen molar-refractivity contribution >= 4 is 51.1 Å². The number of aliphatic imine (C=N–C) groups is 1. The van der Waals surface area contributed by atoms with E-state index in [4.69, 9.17) is 0 Å². The van der Waals surface area contributed by atoms with Crippen molar-refractivity contribution in [2.24, 2.45) is 4.99 Å². The maximum Gasteiger partial charge on any atom is 0.191 e. The second-order valence-corrected chi connectivity index (χ2v) is 8.44. The Morgan fingerprint density at radius 1 is 1.24 bits per heavy atom. The lowest BCUT2D eigenvalue weighted by atomic mass is 10.1. The number of rotatable bonds is 5. The van der Waals surface area contributed by atoms with E-state index in [-0.39, 0.29) is 24.0 Å². The molecule has 2 aromatic rings. The lowest BCUT2D eigenvalue weighted by Gasteiger charge is -2.12. The Kier molecular flexibility index (Phi) is 8.29. The van der Waals surface area contributed by atoms with Gasteiger partial charge in [0.2, 0.25) is 0 Å². The molecule has 1 heterocycles. The van der Waals surface area contributed by atoms with Crippen LogP contribution in [0.2, 0.25) is 0 Å². The fourth-order valence-electron chi connectivity index (χ4n) is 2.30. The summed E-state index contributed by atoms with van der Waals surface area (Å²) >= 11 is 1.61. The Hall–Kier alpha value is -1.20. The maximum atomic E-state index is 11.7. The van der Waals surface area contributed by atoms with Crippen LogP contribution in [0.25, 0.3) is 0 Å². The highest BCUT2D eigenvalue weighted by Crippen LogP contribution is 2.16. The number of thiazole rings is 1. The van der Waals surface area contributed by atoms with Gasteiger partial charge in [-0.25, -0.2) is 13.4 Å². The van der Waals surface area contributed by atoms with Crippen molar-refractivity contribution in [3.8, 4) is 0 Å². The van der Waals surface area contributed by atoms with Gasteiger partial charge in [0.1, 0.15) is 0 Å². The molecule has 0 aliphatic heterocycles. The normalized spacial score (nSPS) is 11.8. The highest BCUT2D eigenvalue weighted by molar-refractivity contribution is 14.0. The standard InChI is InChI=1S/C16H22N4O2S2.HI/c1-11-7-13(5-6-15(11)24(4,21)22)8-18-16(17-3)19-9-14-12(2)20-10-23-14;/h5-7,10H,8-9H2,1-4H3,(H2,17,18,19);1H. The number of aromatic nitrogens is 1. The Balaban J connectivity index is 0.00000312. The summed E-state index contributed by atoms with van der Waals surface area (Å²) in [6, 6.07) is 5.35. The number of sulfone groups is 1. The van der Waals surface area contributed by atoms with Crippen molar-refractivity contribution in [2.75, 3.05) is 13.3 Å². The zero-order valence-electron chi connectivity index (χ0n) is 14.7. The van der Waals surface area contributed by atoms with E-state index in [0.717, 1.165) is 16.8 Å². The highest BCUT2D eigenvalue weighted by atomic mass is 127. The third-order valence-corrected chi connectivity index (χ3v) is 5.78. The van der Waals surface area contributed by atoms with E-state index in [1.807, 2.05) is 24.6 Å². The first kappa shape index (κ1) is 21.8. The van der Waals surface area contributed by atoms with E-state index in [1.54, 1.807) is 31.4 Å². The summed E-state index contributed by atoms with van der Waals surface area (Å²) in [4.78, 5) is 9.96. The summed E-state index contributed by atoms with van der Waals surface area (Å²) in [6.07, 6.45) is 1.22. The van der Waals surface area contributed by atoms with Crippen LogP contribution in [0, 0.1) is 13.8 Å². The van der Waals surface area contributed by atoms with Gasteiger partial charge in [-0.2, -0.15) is 0 Å². The molecule has 0 fully saturated rings. The first-order chi connectivity index (χ1) is 11.3. The van der Waals surface area contributed by atoms with Gasteiger partial charge in [0, 0.05) is 24.7 Å². The average molecular weight is 494 g/mol. The molecular formula is C16H23IN4O2S2. The molecular weight excluding hydrogens is 471 g/mol. The number of nitrogens with zero attached hydrogens (tertiary/aromatic N) is 2. The number of benzene rings is 1. The van der Waals surface area contributed by atoms with E-state index in [1.165, 1.54) is 11.1 Å². The molecule has 0 saturated heterocycles. The van der Waals surface area contributed by atoms with Gasteiger partial charge in [-0.15, -0.1) is 35.3 Å². The molecule has 2 rings (SSSR count). The smallest absolute Gasteiger partial charge is 0.191 e. The van der Waals surface area contributed by atoms with Gasteiger partial charge < -0.3 is 10.6 Å². The molecule has 0 amide bonds. The molecule has 1 aromatic carbocycles. The number of guanidine groups is 1. The molecule has 0 saturated carbocycles. The Morgan fingerprint density at radius 2 is 1.92 bits per heavy atom. The van der Waals surface area contributed by atoms with Crippen molar-refractivity contribution in [1.29, 1.82) is 0 Å². The first-order valence-electron chi connectivity index (χ1n) is 7.44. The number of hydrogen-bond donors (Lipinski definition) is 2. The van der Waals surface area contributed by atoms with Gasteiger partial charge in [0.25, 0.3) is 0 Å². The Morgan fingerprint density at radius 3 is 2.44 bits per heavy atom. The van der Waals surface area contributed by atoms with Crippen LogP contribution in [0.4, 0.5) is 0 Å². The zero-order valence-corrected chi connectivity index (χ0v) is 18.6. The second kappa shape index (κ2) is 9.48. The molecule has 0 unspecified atom stereocenters. The van der Waals surface area contributed by atoms with Crippen molar-refractivity contribution in [1.82, 2.24) is 15.6 Å². The van der Waals surface area contributed by atoms with Crippen LogP contribution in [-0.2, 0) is 22.9 Å². The van der Waals surface area contributed by atoms with Gasteiger partial charge in [-0.1, -0.05) is 12.1 Å². The molecule has 6 nitrogen and oxygen atoms in total.